The van der Waals surface area contributed by atoms with E-state index in [1.807, 2.05) is 42.5 Å². The highest BCUT2D eigenvalue weighted by Crippen LogP contribution is 2.46. The molecular weight excluding hydrogens is 367 g/mol. The Hall–Kier alpha value is -1.97. The molecule has 0 amide bonds. The van der Waals surface area contributed by atoms with Gasteiger partial charge in [0.1, 0.15) is 0 Å². The normalized spacial score (nSPS) is 21.2. The number of rotatable bonds is 1. The highest BCUT2D eigenvalue weighted by molar-refractivity contribution is 6.31. The van der Waals surface area contributed by atoms with Crippen LogP contribution in [0, 0.1) is 5.41 Å². The average Bonchev–Trinajstić information content (AvgIpc) is 2.70. The highest BCUT2D eigenvalue weighted by Gasteiger charge is 2.39. The summed E-state index contributed by atoms with van der Waals surface area (Å²) < 4.78 is 0. The molecule has 2 N–H and O–H groups in total. The predicted molar refractivity (Wildman–Crippen MR) is 108 cm³/mol. The van der Waals surface area contributed by atoms with Crippen molar-refractivity contribution in [1.82, 2.24) is 0 Å². The van der Waals surface area contributed by atoms with Crippen LogP contribution >= 0.6 is 23.2 Å². The molecule has 0 bridgehead atoms. The van der Waals surface area contributed by atoms with E-state index < -0.39 is 0 Å². The minimum atomic E-state index is -0.311. The van der Waals surface area contributed by atoms with E-state index in [9.17, 15) is 4.79 Å². The molecular formula is C21H20Cl2N2O. The first kappa shape index (κ1) is 17.4. The lowest BCUT2D eigenvalue weighted by Gasteiger charge is -2.34. The fraction of sp³-hybridized carbons (Fsp3) is 0.286. The molecule has 0 saturated heterocycles. The zero-order valence-corrected chi connectivity index (χ0v) is 16.2. The molecule has 3 nitrogen and oxygen atoms in total. The third-order valence-electron chi connectivity index (χ3n) is 4.99. The molecule has 1 unspecified atom stereocenters. The third kappa shape index (κ3) is 3.10. The van der Waals surface area contributed by atoms with Gasteiger partial charge in [-0.3, -0.25) is 4.79 Å². The molecule has 0 aromatic heterocycles. The Balaban J connectivity index is 1.92. The minimum absolute atomic E-state index is 0.0785. The number of hydrogen-bond donors (Lipinski definition) is 2. The summed E-state index contributed by atoms with van der Waals surface area (Å²) in [6, 6.07) is 13.0. The maximum absolute atomic E-state index is 13.1. The largest absolute Gasteiger partial charge is 0.372 e. The molecule has 1 atom stereocenters. The lowest BCUT2D eigenvalue weighted by Crippen LogP contribution is -2.31. The molecule has 0 radical (unpaired) electrons. The second kappa shape index (κ2) is 6.33. The minimum Gasteiger partial charge on any atom is -0.372 e. The molecule has 0 fully saturated rings. The summed E-state index contributed by atoms with van der Waals surface area (Å²) in [5.41, 5.74) is 4.33. The average molecular weight is 387 g/mol. The number of fused-ring (bicyclic) bond motifs is 1. The summed E-state index contributed by atoms with van der Waals surface area (Å²) in [5.74, 6) is 0.153. The van der Waals surface area contributed by atoms with Crippen LogP contribution in [0.2, 0.25) is 10.0 Å². The van der Waals surface area contributed by atoms with Gasteiger partial charge in [0.2, 0.25) is 0 Å². The molecule has 0 spiro atoms. The van der Waals surface area contributed by atoms with E-state index in [4.69, 9.17) is 23.2 Å². The van der Waals surface area contributed by atoms with Crippen molar-refractivity contribution in [2.75, 3.05) is 10.6 Å². The zero-order valence-electron chi connectivity index (χ0n) is 14.7. The van der Waals surface area contributed by atoms with Crippen molar-refractivity contribution in [3.63, 3.8) is 0 Å². The quantitative estimate of drug-likeness (QED) is 0.611. The maximum atomic E-state index is 13.1. The van der Waals surface area contributed by atoms with Crippen molar-refractivity contribution in [2.24, 2.45) is 5.41 Å². The van der Waals surface area contributed by atoms with Gasteiger partial charge in [-0.25, -0.2) is 0 Å². The molecule has 2 aliphatic rings. The van der Waals surface area contributed by atoms with Gasteiger partial charge in [-0.05, 0) is 41.7 Å². The van der Waals surface area contributed by atoms with Gasteiger partial charge in [0.25, 0.3) is 0 Å². The SMILES string of the molecule is CC1(C)CC(=O)C2=C(C1)Nc1ccc(Cl)cc1NC2c1ccccc1Cl. The Morgan fingerprint density at radius 2 is 1.81 bits per heavy atom. The van der Waals surface area contributed by atoms with Crippen LogP contribution in [0.5, 0.6) is 0 Å². The van der Waals surface area contributed by atoms with E-state index in [0.29, 0.717) is 16.5 Å². The Bertz CT molecular complexity index is 933. The molecule has 1 aliphatic heterocycles. The molecule has 2 aromatic carbocycles. The van der Waals surface area contributed by atoms with Gasteiger partial charge >= 0.3 is 0 Å². The first-order valence-electron chi connectivity index (χ1n) is 8.68. The van der Waals surface area contributed by atoms with Gasteiger partial charge in [-0.1, -0.05) is 55.2 Å². The Kier molecular flexibility index (Phi) is 4.25. The fourth-order valence-corrected chi connectivity index (χ4v) is 4.28. The topological polar surface area (TPSA) is 41.1 Å². The van der Waals surface area contributed by atoms with Crippen molar-refractivity contribution in [2.45, 2.75) is 32.7 Å². The van der Waals surface area contributed by atoms with Crippen LogP contribution in [0.25, 0.3) is 0 Å². The number of Topliss-reactive ketones (excluding diaryl/α,β-unsaturated/α-hetero) is 1. The van der Waals surface area contributed by atoms with E-state index in [1.165, 1.54) is 0 Å². The number of carbonyl (C=O) groups excluding carboxylic acids is 1. The Morgan fingerprint density at radius 3 is 2.58 bits per heavy atom. The molecule has 26 heavy (non-hydrogen) atoms. The van der Waals surface area contributed by atoms with Crippen LogP contribution in [0.15, 0.2) is 53.7 Å². The van der Waals surface area contributed by atoms with E-state index in [0.717, 1.165) is 34.6 Å². The summed E-state index contributed by atoms with van der Waals surface area (Å²) in [7, 11) is 0. The summed E-state index contributed by atoms with van der Waals surface area (Å²) in [6.45, 7) is 4.25. The molecule has 4 rings (SSSR count). The number of nitrogens with one attached hydrogen (secondary N) is 2. The number of halogens is 2. The predicted octanol–water partition coefficient (Wildman–Crippen LogP) is 6.22. The van der Waals surface area contributed by atoms with Crippen LogP contribution < -0.4 is 10.6 Å². The van der Waals surface area contributed by atoms with Gasteiger partial charge in [-0.15, -0.1) is 0 Å². The second-order valence-corrected chi connectivity index (χ2v) is 8.59. The van der Waals surface area contributed by atoms with Gasteiger partial charge in [0.05, 0.1) is 17.4 Å². The molecule has 1 heterocycles. The van der Waals surface area contributed by atoms with Crippen LogP contribution in [0.1, 0.15) is 38.3 Å². The van der Waals surface area contributed by atoms with Crippen molar-refractivity contribution in [3.8, 4) is 0 Å². The van der Waals surface area contributed by atoms with E-state index in [1.54, 1.807) is 0 Å². The zero-order chi connectivity index (χ0) is 18.5. The first-order chi connectivity index (χ1) is 12.3. The second-order valence-electron chi connectivity index (χ2n) is 7.75. The van der Waals surface area contributed by atoms with Crippen LogP contribution in [0.3, 0.4) is 0 Å². The summed E-state index contributed by atoms with van der Waals surface area (Å²) in [6.07, 6.45) is 1.33. The number of ketones is 1. The van der Waals surface area contributed by atoms with Crippen LogP contribution in [-0.2, 0) is 4.79 Å². The fourth-order valence-electron chi connectivity index (χ4n) is 3.86. The van der Waals surface area contributed by atoms with Crippen molar-refractivity contribution in [3.05, 3.63) is 69.3 Å². The highest BCUT2D eigenvalue weighted by atomic mass is 35.5. The van der Waals surface area contributed by atoms with Gasteiger partial charge in [-0.2, -0.15) is 0 Å². The summed E-state index contributed by atoms with van der Waals surface area (Å²) >= 11 is 12.7. The first-order valence-corrected chi connectivity index (χ1v) is 9.43. The summed E-state index contributed by atoms with van der Waals surface area (Å²) in [4.78, 5) is 13.1. The third-order valence-corrected chi connectivity index (χ3v) is 5.57. The monoisotopic (exact) mass is 386 g/mol. The van der Waals surface area contributed by atoms with Gasteiger partial charge in [0.15, 0.2) is 5.78 Å². The van der Waals surface area contributed by atoms with E-state index >= 15 is 0 Å². The Morgan fingerprint density at radius 1 is 1.04 bits per heavy atom. The van der Waals surface area contributed by atoms with Crippen molar-refractivity contribution >= 4 is 40.4 Å². The van der Waals surface area contributed by atoms with Crippen LogP contribution in [-0.4, -0.2) is 5.78 Å². The number of hydrogen-bond acceptors (Lipinski definition) is 3. The number of carbonyl (C=O) groups is 1. The number of benzene rings is 2. The number of anilines is 2. The lowest BCUT2D eigenvalue weighted by atomic mass is 9.73. The molecule has 1 aliphatic carbocycles. The van der Waals surface area contributed by atoms with Gasteiger partial charge in [0, 0.05) is 27.7 Å². The molecule has 5 heteroatoms. The molecule has 2 aromatic rings. The van der Waals surface area contributed by atoms with Crippen molar-refractivity contribution < 1.29 is 4.79 Å². The Labute approximate surface area is 163 Å². The number of allylic oxidation sites excluding steroid dienone is 1. The maximum Gasteiger partial charge on any atom is 0.163 e. The van der Waals surface area contributed by atoms with Crippen LogP contribution in [0.4, 0.5) is 11.4 Å². The van der Waals surface area contributed by atoms with Crippen molar-refractivity contribution in [1.29, 1.82) is 0 Å². The molecule has 0 saturated carbocycles. The molecule has 134 valence electrons. The van der Waals surface area contributed by atoms with E-state index in [-0.39, 0.29) is 17.2 Å². The van der Waals surface area contributed by atoms with Gasteiger partial charge < -0.3 is 10.6 Å². The smallest absolute Gasteiger partial charge is 0.163 e. The lowest BCUT2D eigenvalue weighted by molar-refractivity contribution is -0.118. The summed E-state index contributed by atoms with van der Waals surface area (Å²) in [5, 5.41) is 8.27. The standard InChI is InChI=1S/C21H20Cl2N2O/c1-21(2)10-17-19(18(26)11-21)20(13-5-3-4-6-14(13)23)25-16-9-12(22)7-8-15(16)24-17/h3-9,20,24-25H,10-11H2,1-2H3. The van der Waals surface area contributed by atoms with E-state index in [2.05, 4.69) is 24.5 Å².